The molecule has 1 aliphatic rings. The van der Waals surface area contributed by atoms with Crippen molar-refractivity contribution in [1.82, 2.24) is 9.21 Å². The van der Waals surface area contributed by atoms with E-state index in [1.54, 1.807) is 4.90 Å². The van der Waals surface area contributed by atoms with Gasteiger partial charge < -0.3 is 10.6 Å². The Hall–Kier alpha value is -0.370. The summed E-state index contributed by atoms with van der Waals surface area (Å²) in [4.78, 5) is 13.7. The van der Waals surface area contributed by atoms with Gasteiger partial charge in [-0.1, -0.05) is 13.8 Å². The summed E-state index contributed by atoms with van der Waals surface area (Å²) >= 11 is 0. The van der Waals surface area contributed by atoms with Gasteiger partial charge in [-0.25, -0.2) is 8.42 Å². The maximum atomic E-state index is 12.0. The molecule has 1 unspecified atom stereocenters. The Bertz CT molecular complexity index is 425. The first-order valence-electron chi connectivity index (χ1n) is 5.99. The summed E-state index contributed by atoms with van der Waals surface area (Å²) in [6, 6.07) is 0.0780. The number of amides is 1. The predicted molar refractivity (Wildman–Crippen MR) is 77.7 cm³/mol. The fraction of sp³-hybridized carbons (Fsp3) is 0.909. The molecule has 0 aromatic carbocycles. The quantitative estimate of drug-likeness (QED) is 0.787. The molecule has 0 aromatic rings. The van der Waals surface area contributed by atoms with Crippen LogP contribution < -0.4 is 5.73 Å². The van der Waals surface area contributed by atoms with Crippen LogP contribution in [0.15, 0.2) is 0 Å². The monoisotopic (exact) mass is 313 g/mol. The lowest BCUT2D eigenvalue weighted by Gasteiger charge is -2.42. The standard InChI is InChI=1S/C11H23N3O3S.ClH/c1-11(2)8-14(6-5-9(11)12)10(15)7-13(3)18(4,16)17;/h9H,5-8,12H2,1-4H3;1H. The Morgan fingerprint density at radius 2 is 2.00 bits per heavy atom. The van der Waals surface area contributed by atoms with Gasteiger partial charge in [-0.15, -0.1) is 12.4 Å². The summed E-state index contributed by atoms with van der Waals surface area (Å²) < 4.78 is 23.6. The summed E-state index contributed by atoms with van der Waals surface area (Å²) in [6.45, 7) is 5.12. The van der Waals surface area contributed by atoms with E-state index in [1.807, 2.05) is 13.8 Å². The van der Waals surface area contributed by atoms with E-state index in [-0.39, 0.29) is 36.3 Å². The highest BCUT2D eigenvalue weighted by molar-refractivity contribution is 7.88. The molecule has 1 atom stereocenters. The van der Waals surface area contributed by atoms with Gasteiger partial charge in [0, 0.05) is 26.2 Å². The smallest absolute Gasteiger partial charge is 0.237 e. The second kappa shape index (κ2) is 6.39. The first-order valence-corrected chi connectivity index (χ1v) is 7.83. The van der Waals surface area contributed by atoms with E-state index in [2.05, 4.69) is 0 Å². The normalized spacial score (nSPS) is 23.1. The lowest BCUT2D eigenvalue weighted by molar-refractivity contribution is -0.134. The highest BCUT2D eigenvalue weighted by Crippen LogP contribution is 2.27. The van der Waals surface area contributed by atoms with Gasteiger partial charge in [0.05, 0.1) is 12.8 Å². The van der Waals surface area contributed by atoms with Crippen molar-refractivity contribution in [2.24, 2.45) is 11.1 Å². The van der Waals surface area contributed by atoms with Crippen LogP contribution in [0.1, 0.15) is 20.3 Å². The van der Waals surface area contributed by atoms with Crippen LogP contribution in [0.3, 0.4) is 0 Å². The highest BCUT2D eigenvalue weighted by atomic mass is 35.5. The zero-order valence-electron chi connectivity index (χ0n) is 11.9. The lowest BCUT2D eigenvalue weighted by Crippen LogP contribution is -2.55. The van der Waals surface area contributed by atoms with E-state index in [4.69, 9.17) is 5.73 Å². The van der Waals surface area contributed by atoms with E-state index in [1.165, 1.54) is 7.05 Å². The molecule has 0 bridgehead atoms. The maximum absolute atomic E-state index is 12.0. The highest BCUT2D eigenvalue weighted by Gasteiger charge is 2.35. The summed E-state index contributed by atoms with van der Waals surface area (Å²) in [5, 5.41) is 0. The van der Waals surface area contributed by atoms with Crippen LogP contribution in [0.5, 0.6) is 0 Å². The van der Waals surface area contributed by atoms with Gasteiger partial charge in [0.15, 0.2) is 0 Å². The van der Waals surface area contributed by atoms with E-state index in [0.717, 1.165) is 17.0 Å². The number of sulfonamides is 1. The van der Waals surface area contributed by atoms with E-state index >= 15 is 0 Å². The van der Waals surface area contributed by atoms with Crippen molar-refractivity contribution in [2.75, 3.05) is 32.9 Å². The number of carbonyl (C=O) groups is 1. The van der Waals surface area contributed by atoms with Gasteiger partial charge in [-0.3, -0.25) is 4.79 Å². The molecule has 1 aliphatic heterocycles. The number of likely N-dealkylation sites (N-methyl/N-ethyl adjacent to an activating group) is 1. The molecule has 0 aliphatic carbocycles. The molecule has 1 heterocycles. The largest absolute Gasteiger partial charge is 0.341 e. The minimum atomic E-state index is -3.31. The maximum Gasteiger partial charge on any atom is 0.237 e. The molecule has 0 saturated carbocycles. The van der Waals surface area contributed by atoms with Crippen LogP contribution in [0.4, 0.5) is 0 Å². The van der Waals surface area contributed by atoms with Crippen LogP contribution in [0.25, 0.3) is 0 Å². The van der Waals surface area contributed by atoms with Crippen LogP contribution in [-0.4, -0.2) is 62.5 Å². The Morgan fingerprint density at radius 1 is 1.47 bits per heavy atom. The molecule has 1 amide bonds. The van der Waals surface area contributed by atoms with Gasteiger partial charge >= 0.3 is 0 Å². The van der Waals surface area contributed by atoms with E-state index < -0.39 is 10.0 Å². The molecule has 2 N–H and O–H groups in total. The summed E-state index contributed by atoms with van der Waals surface area (Å²) in [5.41, 5.74) is 5.87. The van der Waals surface area contributed by atoms with Crippen LogP contribution >= 0.6 is 12.4 Å². The average Bonchev–Trinajstić information content (AvgIpc) is 2.20. The molecule has 8 heteroatoms. The Labute approximate surface area is 121 Å². The molecule has 0 aromatic heterocycles. The summed E-state index contributed by atoms with van der Waals surface area (Å²) in [5.74, 6) is -0.164. The van der Waals surface area contributed by atoms with Crippen molar-refractivity contribution >= 4 is 28.3 Å². The Morgan fingerprint density at radius 3 is 2.42 bits per heavy atom. The third-order valence-electron chi connectivity index (χ3n) is 3.59. The van der Waals surface area contributed by atoms with Crippen LogP contribution in [0, 0.1) is 5.41 Å². The second-order valence-electron chi connectivity index (χ2n) is 5.72. The zero-order chi connectivity index (χ0) is 14.1. The number of piperidine rings is 1. The van der Waals surface area contributed by atoms with Crippen molar-refractivity contribution < 1.29 is 13.2 Å². The summed E-state index contributed by atoms with van der Waals surface area (Å²) in [6.07, 6.45) is 1.84. The molecular weight excluding hydrogens is 290 g/mol. The molecule has 1 saturated heterocycles. The van der Waals surface area contributed by atoms with Gasteiger partial charge in [0.1, 0.15) is 0 Å². The number of hydrogen-bond donors (Lipinski definition) is 1. The molecule has 0 spiro atoms. The van der Waals surface area contributed by atoms with Crippen LogP contribution in [-0.2, 0) is 14.8 Å². The number of likely N-dealkylation sites (tertiary alicyclic amines) is 1. The van der Waals surface area contributed by atoms with E-state index in [9.17, 15) is 13.2 Å². The number of halogens is 1. The topological polar surface area (TPSA) is 83.7 Å². The number of hydrogen-bond acceptors (Lipinski definition) is 4. The predicted octanol–water partition coefficient (Wildman–Crippen LogP) is -0.115. The fourth-order valence-corrected chi connectivity index (χ4v) is 2.34. The number of nitrogens with two attached hydrogens (primary N) is 1. The lowest BCUT2D eigenvalue weighted by atomic mass is 9.80. The molecule has 1 fully saturated rings. The summed E-state index contributed by atoms with van der Waals surface area (Å²) in [7, 11) is -1.90. The Balaban J connectivity index is 0.00000324. The third kappa shape index (κ3) is 4.91. The average molecular weight is 314 g/mol. The molecule has 6 nitrogen and oxygen atoms in total. The van der Waals surface area contributed by atoms with Gasteiger partial charge in [0.25, 0.3) is 0 Å². The SMILES string of the molecule is CN(CC(=O)N1CCC(N)C(C)(C)C1)S(C)(=O)=O.Cl. The van der Waals surface area contributed by atoms with Gasteiger partial charge in [0.2, 0.25) is 15.9 Å². The van der Waals surface area contributed by atoms with Crippen molar-refractivity contribution in [3.8, 4) is 0 Å². The minimum absolute atomic E-state index is 0. The first kappa shape index (κ1) is 18.6. The first-order chi connectivity index (χ1) is 8.04. The zero-order valence-corrected chi connectivity index (χ0v) is 13.6. The molecule has 0 radical (unpaired) electrons. The van der Waals surface area contributed by atoms with Crippen molar-refractivity contribution in [2.45, 2.75) is 26.3 Å². The number of nitrogens with zero attached hydrogens (tertiary/aromatic N) is 2. The van der Waals surface area contributed by atoms with Crippen LogP contribution in [0.2, 0.25) is 0 Å². The molecule has 1 rings (SSSR count). The van der Waals surface area contributed by atoms with Crippen molar-refractivity contribution in [3.05, 3.63) is 0 Å². The second-order valence-corrected chi connectivity index (χ2v) is 7.81. The van der Waals surface area contributed by atoms with Crippen molar-refractivity contribution in [1.29, 1.82) is 0 Å². The molecule has 114 valence electrons. The third-order valence-corrected chi connectivity index (χ3v) is 4.85. The number of carbonyl (C=O) groups excluding carboxylic acids is 1. The molecule has 19 heavy (non-hydrogen) atoms. The van der Waals surface area contributed by atoms with E-state index in [0.29, 0.717) is 13.1 Å². The van der Waals surface area contributed by atoms with Crippen molar-refractivity contribution in [3.63, 3.8) is 0 Å². The van der Waals surface area contributed by atoms with Gasteiger partial charge in [-0.2, -0.15) is 4.31 Å². The minimum Gasteiger partial charge on any atom is -0.341 e. The Kier molecular flexibility index (Phi) is 6.26. The fourth-order valence-electron chi connectivity index (χ4n) is 1.99. The van der Waals surface area contributed by atoms with Gasteiger partial charge in [-0.05, 0) is 11.8 Å². The number of rotatable bonds is 3. The molecular formula is C11H24ClN3O3S.